The molecule has 0 saturated carbocycles. The molecular formula is C19H21N3O3S. The Morgan fingerprint density at radius 3 is 2.58 bits per heavy atom. The third-order valence-corrected chi connectivity index (χ3v) is 5.64. The number of amides is 1. The summed E-state index contributed by atoms with van der Waals surface area (Å²) in [5.74, 6) is -0.551. The molecule has 1 aromatic heterocycles. The third-order valence-electron chi connectivity index (χ3n) is 3.91. The molecule has 0 fully saturated rings. The largest absolute Gasteiger partial charge is 0.337 e. The van der Waals surface area contributed by atoms with E-state index in [0.29, 0.717) is 6.54 Å². The number of nitriles is 1. The van der Waals surface area contributed by atoms with Crippen molar-refractivity contribution in [2.75, 3.05) is 12.3 Å². The van der Waals surface area contributed by atoms with E-state index in [0.717, 1.165) is 11.1 Å². The molecule has 6 nitrogen and oxygen atoms in total. The first-order chi connectivity index (χ1) is 12.4. The summed E-state index contributed by atoms with van der Waals surface area (Å²) in [5, 5.41) is 8.80. The van der Waals surface area contributed by atoms with E-state index in [1.165, 1.54) is 4.90 Å². The summed E-state index contributed by atoms with van der Waals surface area (Å²) in [6, 6.07) is 12.2. The Bertz CT molecular complexity index is 872. The molecule has 0 radical (unpaired) electrons. The van der Waals surface area contributed by atoms with Gasteiger partial charge in [0.1, 0.15) is 0 Å². The maximum absolute atomic E-state index is 12.5. The first kappa shape index (κ1) is 19.6. The van der Waals surface area contributed by atoms with Crippen LogP contribution in [0.5, 0.6) is 0 Å². The molecule has 0 aliphatic carbocycles. The number of hydrogen-bond acceptors (Lipinski definition) is 5. The van der Waals surface area contributed by atoms with E-state index >= 15 is 0 Å². The highest BCUT2D eigenvalue weighted by atomic mass is 32.2. The average molecular weight is 371 g/mol. The van der Waals surface area contributed by atoms with Crippen molar-refractivity contribution in [2.24, 2.45) is 0 Å². The first-order valence-electron chi connectivity index (χ1n) is 8.25. The smallest absolute Gasteiger partial charge is 0.223 e. The number of hydrogen-bond donors (Lipinski definition) is 0. The van der Waals surface area contributed by atoms with Crippen molar-refractivity contribution in [3.05, 3.63) is 59.9 Å². The van der Waals surface area contributed by atoms with Crippen LogP contribution in [0.25, 0.3) is 0 Å². The van der Waals surface area contributed by atoms with Gasteiger partial charge in [-0.1, -0.05) is 23.8 Å². The Morgan fingerprint density at radius 1 is 1.23 bits per heavy atom. The zero-order valence-electron chi connectivity index (χ0n) is 14.6. The number of nitrogens with zero attached hydrogens (tertiary/aromatic N) is 3. The van der Waals surface area contributed by atoms with E-state index in [9.17, 15) is 13.2 Å². The van der Waals surface area contributed by atoms with E-state index in [1.54, 1.807) is 42.7 Å². The topological polar surface area (TPSA) is 91.1 Å². The zero-order valence-corrected chi connectivity index (χ0v) is 15.4. The van der Waals surface area contributed by atoms with Crippen LogP contribution in [0.2, 0.25) is 0 Å². The van der Waals surface area contributed by atoms with Crippen molar-refractivity contribution in [3.63, 3.8) is 0 Å². The minimum Gasteiger partial charge on any atom is -0.337 e. The van der Waals surface area contributed by atoms with Gasteiger partial charge >= 0.3 is 0 Å². The number of rotatable bonds is 8. The summed E-state index contributed by atoms with van der Waals surface area (Å²) < 4.78 is 24.8. The van der Waals surface area contributed by atoms with Gasteiger partial charge in [-0.3, -0.25) is 9.78 Å². The molecule has 0 spiro atoms. The summed E-state index contributed by atoms with van der Waals surface area (Å²) >= 11 is 0. The van der Waals surface area contributed by atoms with Crippen molar-refractivity contribution in [1.29, 1.82) is 5.26 Å². The summed E-state index contributed by atoms with van der Waals surface area (Å²) in [5.41, 5.74) is 1.80. The molecule has 1 heterocycles. The maximum Gasteiger partial charge on any atom is 0.223 e. The lowest BCUT2D eigenvalue weighted by Crippen LogP contribution is -2.32. The number of aromatic nitrogens is 1. The standard InChI is InChI=1S/C19H21N3O3S/c1-16-5-7-18(8-6-16)26(24,25)13-9-19(23)22(12-3-10-20)15-17-4-2-11-21-14-17/h2,4-8,11,14H,3,9,12-13,15H2,1H3. The lowest BCUT2D eigenvalue weighted by atomic mass is 10.2. The molecule has 0 N–H and O–H groups in total. The molecule has 0 bridgehead atoms. The number of aryl methyl sites for hydroxylation is 1. The summed E-state index contributed by atoms with van der Waals surface area (Å²) in [4.78, 5) is 18.2. The first-order valence-corrected chi connectivity index (χ1v) is 9.90. The van der Waals surface area contributed by atoms with Gasteiger partial charge in [-0.15, -0.1) is 0 Å². The monoisotopic (exact) mass is 371 g/mol. The number of sulfone groups is 1. The van der Waals surface area contributed by atoms with Gasteiger partial charge in [0.25, 0.3) is 0 Å². The summed E-state index contributed by atoms with van der Waals surface area (Å²) in [6.45, 7) is 2.44. The van der Waals surface area contributed by atoms with Gasteiger partial charge in [0.05, 0.1) is 23.1 Å². The predicted molar refractivity (Wildman–Crippen MR) is 97.7 cm³/mol. The predicted octanol–water partition coefficient (Wildman–Crippen LogP) is 2.50. The molecule has 0 saturated heterocycles. The van der Waals surface area contributed by atoms with Crippen molar-refractivity contribution in [3.8, 4) is 6.07 Å². The highest BCUT2D eigenvalue weighted by Crippen LogP contribution is 2.14. The molecule has 2 rings (SSSR count). The molecule has 1 aromatic carbocycles. The number of benzene rings is 1. The quantitative estimate of drug-likeness (QED) is 0.711. The SMILES string of the molecule is Cc1ccc(S(=O)(=O)CCC(=O)N(CCC#N)Cc2cccnc2)cc1. The fourth-order valence-corrected chi connectivity index (χ4v) is 3.66. The van der Waals surface area contributed by atoms with Crippen LogP contribution in [-0.4, -0.2) is 36.5 Å². The van der Waals surface area contributed by atoms with E-state index in [2.05, 4.69) is 4.98 Å². The van der Waals surface area contributed by atoms with Crippen molar-refractivity contribution < 1.29 is 13.2 Å². The van der Waals surface area contributed by atoms with Crippen molar-refractivity contribution in [1.82, 2.24) is 9.88 Å². The second kappa shape index (κ2) is 9.11. The lowest BCUT2D eigenvalue weighted by molar-refractivity contribution is -0.131. The van der Waals surface area contributed by atoms with Crippen LogP contribution < -0.4 is 0 Å². The second-order valence-corrected chi connectivity index (χ2v) is 8.08. The van der Waals surface area contributed by atoms with Crippen LogP contribution in [0.15, 0.2) is 53.7 Å². The number of pyridine rings is 1. The van der Waals surface area contributed by atoms with E-state index in [1.807, 2.05) is 19.1 Å². The molecule has 2 aromatic rings. The van der Waals surface area contributed by atoms with Crippen LogP contribution in [0.4, 0.5) is 0 Å². The van der Waals surface area contributed by atoms with Crippen LogP contribution in [-0.2, 0) is 21.2 Å². The molecule has 0 aliphatic rings. The zero-order chi connectivity index (χ0) is 19.0. The fraction of sp³-hybridized carbons (Fsp3) is 0.316. The molecule has 26 heavy (non-hydrogen) atoms. The molecule has 0 aliphatic heterocycles. The highest BCUT2D eigenvalue weighted by Gasteiger charge is 2.20. The Morgan fingerprint density at radius 2 is 1.96 bits per heavy atom. The maximum atomic E-state index is 12.5. The van der Waals surface area contributed by atoms with E-state index < -0.39 is 9.84 Å². The normalized spacial score (nSPS) is 10.9. The van der Waals surface area contributed by atoms with Gasteiger partial charge in [-0.05, 0) is 30.7 Å². The molecule has 0 atom stereocenters. The number of carbonyl (C=O) groups is 1. The van der Waals surface area contributed by atoms with E-state index in [-0.39, 0.29) is 35.9 Å². The Kier molecular flexibility index (Phi) is 6.87. The highest BCUT2D eigenvalue weighted by molar-refractivity contribution is 7.91. The van der Waals surface area contributed by atoms with Gasteiger partial charge < -0.3 is 4.90 Å². The Balaban J connectivity index is 2.04. The molecule has 1 amide bonds. The molecular weight excluding hydrogens is 350 g/mol. The lowest BCUT2D eigenvalue weighted by Gasteiger charge is -2.21. The fourth-order valence-electron chi connectivity index (χ4n) is 2.43. The minimum absolute atomic E-state index is 0.123. The van der Waals surface area contributed by atoms with Crippen LogP contribution in [0.1, 0.15) is 24.0 Å². The molecule has 7 heteroatoms. The van der Waals surface area contributed by atoms with Crippen LogP contribution >= 0.6 is 0 Å². The van der Waals surface area contributed by atoms with Crippen LogP contribution in [0.3, 0.4) is 0 Å². The van der Waals surface area contributed by atoms with Gasteiger partial charge in [-0.25, -0.2) is 8.42 Å². The Hall–Kier alpha value is -2.72. The number of carbonyl (C=O) groups excluding carboxylic acids is 1. The van der Waals surface area contributed by atoms with Gasteiger partial charge in [0.2, 0.25) is 5.91 Å². The summed E-state index contributed by atoms with van der Waals surface area (Å²) in [6.07, 6.45) is 3.35. The van der Waals surface area contributed by atoms with Gasteiger partial charge in [0.15, 0.2) is 9.84 Å². The van der Waals surface area contributed by atoms with Gasteiger partial charge in [0, 0.05) is 31.9 Å². The van der Waals surface area contributed by atoms with Gasteiger partial charge in [-0.2, -0.15) is 5.26 Å². The Labute approximate surface area is 154 Å². The van der Waals surface area contributed by atoms with Crippen molar-refractivity contribution in [2.45, 2.75) is 31.2 Å². The molecule has 136 valence electrons. The average Bonchev–Trinajstić information content (AvgIpc) is 2.64. The van der Waals surface area contributed by atoms with Crippen molar-refractivity contribution >= 4 is 15.7 Å². The summed E-state index contributed by atoms with van der Waals surface area (Å²) in [7, 11) is -3.52. The minimum atomic E-state index is -3.52. The second-order valence-electron chi connectivity index (χ2n) is 5.97. The molecule has 0 unspecified atom stereocenters. The van der Waals surface area contributed by atoms with Crippen LogP contribution in [0, 0.1) is 18.3 Å². The van der Waals surface area contributed by atoms with E-state index in [4.69, 9.17) is 5.26 Å². The third kappa shape index (κ3) is 5.67.